The van der Waals surface area contributed by atoms with Crippen LogP contribution in [0.15, 0.2) is 23.9 Å². The summed E-state index contributed by atoms with van der Waals surface area (Å²) in [4.78, 5) is 26.3. The Kier molecular flexibility index (Phi) is 5.42. The maximum Gasteiger partial charge on any atom is 0.343 e. The third-order valence-electron chi connectivity index (χ3n) is 3.36. The number of nitrogens with zero attached hydrogens (tertiary/aromatic N) is 1. The van der Waals surface area contributed by atoms with E-state index in [1.165, 1.54) is 13.3 Å². The number of carbonyl (C=O) groups is 2. The number of halogens is 3. The molecule has 1 fully saturated rings. The van der Waals surface area contributed by atoms with Gasteiger partial charge in [0.25, 0.3) is 0 Å². The maximum absolute atomic E-state index is 13.6. The van der Waals surface area contributed by atoms with Gasteiger partial charge in [-0.05, 0) is 25.0 Å². The maximum atomic E-state index is 13.6. The number of rotatable bonds is 4. The van der Waals surface area contributed by atoms with Gasteiger partial charge in [0.15, 0.2) is 0 Å². The van der Waals surface area contributed by atoms with E-state index < -0.39 is 17.6 Å². The van der Waals surface area contributed by atoms with E-state index in [2.05, 4.69) is 4.74 Å². The van der Waals surface area contributed by atoms with Crippen LogP contribution in [0.2, 0.25) is 10.0 Å². The highest BCUT2D eigenvalue weighted by atomic mass is 35.5. The summed E-state index contributed by atoms with van der Waals surface area (Å²) in [5.41, 5.74) is -0.313. The minimum absolute atomic E-state index is 0.0207. The SMILES string of the molecule is COC(=O)/C(=C/N1CCCC1)C(=O)c1cc(F)c(Cl)cc1Cl. The molecule has 22 heavy (non-hydrogen) atoms. The fourth-order valence-corrected chi connectivity index (χ4v) is 2.68. The quantitative estimate of drug-likeness (QED) is 0.209. The van der Waals surface area contributed by atoms with Crippen LogP contribution in [0.25, 0.3) is 0 Å². The first-order valence-corrected chi connectivity index (χ1v) is 7.43. The Hall–Kier alpha value is -1.59. The largest absolute Gasteiger partial charge is 0.465 e. The summed E-state index contributed by atoms with van der Waals surface area (Å²) in [7, 11) is 1.18. The predicted octanol–water partition coefficient (Wildman–Crippen LogP) is 3.47. The summed E-state index contributed by atoms with van der Waals surface area (Å²) in [5.74, 6) is -2.26. The zero-order valence-electron chi connectivity index (χ0n) is 11.9. The van der Waals surface area contributed by atoms with E-state index in [4.69, 9.17) is 23.2 Å². The number of benzene rings is 1. The molecule has 1 aromatic rings. The van der Waals surface area contributed by atoms with Crippen molar-refractivity contribution in [2.24, 2.45) is 0 Å². The van der Waals surface area contributed by atoms with Gasteiger partial charge < -0.3 is 9.64 Å². The van der Waals surface area contributed by atoms with Gasteiger partial charge in [-0.3, -0.25) is 4.79 Å². The number of hydrogen-bond donors (Lipinski definition) is 0. The second kappa shape index (κ2) is 7.11. The second-order valence-corrected chi connectivity index (χ2v) is 5.67. The van der Waals surface area contributed by atoms with Crippen LogP contribution in [0.3, 0.4) is 0 Å². The molecule has 7 heteroatoms. The fourth-order valence-electron chi connectivity index (χ4n) is 2.21. The number of hydrogen-bond acceptors (Lipinski definition) is 4. The third-order valence-corrected chi connectivity index (χ3v) is 3.96. The number of carbonyl (C=O) groups excluding carboxylic acids is 2. The Labute approximate surface area is 137 Å². The number of Topliss-reactive ketones (excluding diaryl/α,β-unsaturated/α-hetero) is 1. The third kappa shape index (κ3) is 3.59. The lowest BCUT2D eigenvalue weighted by Gasteiger charge is -2.14. The van der Waals surface area contributed by atoms with Crippen LogP contribution in [0.4, 0.5) is 4.39 Å². The van der Waals surface area contributed by atoms with Gasteiger partial charge in [-0.25, -0.2) is 9.18 Å². The first kappa shape index (κ1) is 16.8. The summed E-state index contributed by atoms with van der Waals surface area (Å²) in [6, 6.07) is 2.06. The molecule has 1 saturated heterocycles. The summed E-state index contributed by atoms with van der Waals surface area (Å²) < 4.78 is 18.2. The average Bonchev–Trinajstić information content (AvgIpc) is 3.00. The van der Waals surface area contributed by atoms with Crippen LogP contribution in [0.5, 0.6) is 0 Å². The number of methoxy groups -OCH3 is 1. The highest BCUT2D eigenvalue weighted by Gasteiger charge is 2.25. The van der Waals surface area contributed by atoms with Gasteiger partial charge >= 0.3 is 5.97 Å². The summed E-state index contributed by atoms with van der Waals surface area (Å²) >= 11 is 11.6. The van der Waals surface area contributed by atoms with Crippen molar-refractivity contribution >= 4 is 35.0 Å². The van der Waals surface area contributed by atoms with Gasteiger partial charge in [0.05, 0.1) is 17.2 Å². The molecule has 0 saturated carbocycles. The van der Waals surface area contributed by atoms with Crippen molar-refractivity contribution in [3.63, 3.8) is 0 Å². The smallest absolute Gasteiger partial charge is 0.343 e. The van der Waals surface area contributed by atoms with Crippen LogP contribution < -0.4 is 0 Å². The number of ether oxygens (including phenoxy) is 1. The van der Waals surface area contributed by atoms with Gasteiger partial charge in [0, 0.05) is 24.9 Å². The molecule has 4 nitrogen and oxygen atoms in total. The molecule has 0 aliphatic carbocycles. The minimum atomic E-state index is -0.789. The molecule has 1 heterocycles. The van der Waals surface area contributed by atoms with Crippen molar-refractivity contribution in [1.82, 2.24) is 4.90 Å². The molecular weight excluding hydrogens is 332 g/mol. The van der Waals surface area contributed by atoms with E-state index in [-0.39, 0.29) is 21.2 Å². The monoisotopic (exact) mass is 345 g/mol. The molecule has 0 radical (unpaired) electrons. The highest BCUT2D eigenvalue weighted by Crippen LogP contribution is 2.27. The van der Waals surface area contributed by atoms with E-state index in [1.807, 2.05) is 4.90 Å². The lowest BCUT2D eigenvalue weighted by atomic mass is 10.0. The molecule has 1 aliphatic heterocycles. The highest BCUT2D eigenvalue weighted by molar-refractivity contribution is 6.39. The zero-order valence-corrected chi connectivity index (χ0v) is 13.4. The van der Waals surface area contributed by atoms with Crippen LogP contribution in [-0.4, -0.2) is 36.9 Å². The lowest BCUT2D eigenvalue weighted by molar-refractivity contribution is -0.135. The Bertz CT molecular complexity index is 640. The molecule has 0 atom stereocenters. The van der Waals surface area contributed by atoms with Gasteiger partial charge in [0.2, 0.25) is 5.78 Å². The lowest BCUT2D eigenvalue weighted by Crippen LogP contribution is -2.21. The molecule has 1 aliphatic rings. The Morgan fingerprint density at radius 2 is 1.86 bits per heavy atom. The van der Waals surface area contributed by atoms with E-state index in [0.29, 0.717) is 0 Å². The van der Waals surface area contributed by atoms with Crippen molar-refractivity contribution in [1.29, 1.82) is 0 Å². The van der Waals surface area contributed by atoms with E-state index in [9.17, 15) is 14.0 Å². The molecule has 0 N–H and O–H groups in total. The molecule has 0 bridgehead atoms. The molecule has 2 rings (SSSR count). The predicted molar refractivity (Wildman–Crippen MR) is 81.7 cm³/mol. The molecule has 0 aromatic heterocycles. The van der Waals surface area contributed by atoms with Crippen molar-refractivity contribution in [2.75, 3.05) is 20.2 Å². The molecule has 1 aromatic carbocycles. The van der Waals surface area contributed by atoms with Gasteiger partial charge in [0.1, 0.15) is 11.4 Å². The Morgan fingerprint density at radius 1 is 1.23 bits per heavy atom. The molecular formula is C15H14Cl2FNO3. The van der Waals surface area contributed by atoms with Crippen molar-refractivity contribution in [2.45, 2.75) is 12.8 Å². The van der Waals surface area contributed by atoms with Gasteiger partial charge in [-0.1, -0.05) is 23.2 Å². The molecule has 0 spiro atoms. The zero-order chi connectivity index (χ0) is 16.3. The first-order chi connectivity index (χ1) is 10.4. The average molecular weight is 346 g/mol. The summed E-state index contributed by atoms with van der Waals surface area (Å²) in [5, 5.41) is -0.211. The van der Waals surface area contributed by atoms with Crippen molar-refractivity contribution < 1.29 is 18.7 Å². The first-order valence-electron chi connectivity index (χ1n) is 6.67. The second-order valence-electron chi connectivity index (χ2n) is 4.85. The molecule has 0 amide bonds. The molecule has 118 valence electrons. The van der Waals surface area contributed by atoms with Crippen LogP contribution >= 0.6 is 23.2 Å². The molecule has 0 unspecified atom stereocenters. The normalized spacial score (nSPS) is 15.1. The Balaban J connectivity index is 2.41. The van der Waals surface area contributed by atoms with Crippen molar-refractivity contribution in [3.05, 3.63) is 45.3 Å². The van der Waals surface area contributed by atoms with Crippen LogP contribution in [0, 0.1) is 5.82 Å². The van der Waals surface area contributed by atoms with Crippen LogP contribution in [-0.2, 0) is 9.53 Å². The minimum Gasteiger partial charge on any atom is -0.465 e. The summed E-state index contributed by atoms with van der Waals surface area (Å²) in [6.45, 7) is 1.49. The van der Waals surface area contributed by atoms with Crippen molar-refractivity contribution in [3.8, 4) is 0 Å². The van der Waals surface area contributed by atoms with E-state index in [0.717, 1.165) is 38.1 Å². The Morgan fingerprint density at radius 3 is 2.45 bits per heavy atom. The standard InChI is InChI=1S/C15H14Cl2FNO3/c1-22-15(21)10(8-19-4-2-3-5-19)14(20)9-6-13(18)12(17)7-11(9)16/h6-8H,2-5H2,1H3/b10-8+. The topological polar surface area (TPSA) is 46.6 Å². The number of likely N-dealkylation sites (tertiary alicyclic amines) is 1. The number of esters is 1. The summed E-state index contributed by atoms with van der Waals surface area (Å²) in [6.07, 6.45) is 3.41. The van der Waals surface area contributed by atoms with E-state index in [1.54, 1.807) is 0 Å². The van der Waals surface area contributed by atoms with Gasteiger partial charge in [-0.2, -0.15) is 0 Å². The van der Waals surface area contributed by atoms with Crippen LogP contribution in [0.1, 0.15) is 23.2 Å². The fraction of sp³-hybridized carbons (Fsp3) is 0.333. The van der Waals surface area contributed by atoms with E-state index >= 15 is 0 Å². The van der Waals surface area contributed by atoms with Gasteiger partial charge in [-0.15, -0.1) is 0 Å². The number of ketones is 1.